The van der Waals surface area contributed by atoms with Crippen LogP contribution >= 0.6 is 0 Å². The lowest BCUT2D eigenvalue weighted by molar-refractivity contribution is 0.409. The highest BCUT2D eigenvalue weighted by atomic mass is 16.5. The highest BCUT2D eigenvalue weighted by Crippen LogP contribution is 2.25. The molecule has 0 aliphatic carbocycles. The fourth-order valence-electron chi connectivity index (χ4n) is 1.91. The average Bonchev–Trinajstić information content (AvgIpc) is 2.96. The highest BCUT2D eigenvalue weighted by Gasteiger charge is 2.04. The molecule has 3 aromatic rings. The molecule has 0 aliphatic rings. The lowest BCUT2D eigenvalue weighted by Gasteiger charge is -2.05. The minimum atomic E-state index is 0.221. The molecule has 0 aliphatic heterocycles. The Bertz CT molecular complexity index is 735. The van der Waals surface area contributed by atoms with Crippen LogP contribution in [0.3, 0.4) is 0 Å². The zero-order valence-electron chi connectivity index (χ0n) is 11.4. The summed E-state index contributed by atoms with van der Waals surface area (Å²) in [5, 5.41) is 13.5. The van der Waals surface area contributed by atoms with Gasteiger partial charge in [0.05, 0.1) is 25.2 Å². The molecule has 5 nitrogen and oxygen atoms in total. The van der Waals surface area contributed by atoms with Crippen LogP contribution in [0.2, 0.25) is 0 Å². The van der Waals surface area contributed by atoms with Crippen LogP contribution in [0, 0.1) is 0 Å². The van der Waals surface area contributed by atoms with Gasteiger partial charge in [-0.15, -0.1) is 0 Å². The molecule has 0 atom stereocenters. The SMILES string of the molecule is COc1cccc(Oc2cnn(-c3ccc(O)cc3)c2)c1. The van der Waals surface area contributed by atoms with Gasteiger partial charge in [-0.25, -0.2) is 4.68 Å². The summed E-state index contributed by atoms with van der Waals surface area (Å²) in [6.45, 7) is 0. The number of ether oxygens (including phenoxy) is 2. The summed E-state index contributed by atoms with van der Waals surface area (Å²) in [6, 6.07) is 14.1. The summed E-state index contributed by atoms with van der Waals surface area (Å²) in [4.78, 5) is 0. The molecule has 0 saturated heterocycles. The van der Waals surface area contributed by atoms with Crippen LogP contribution < -0.4 is 9.47 Å². The first-order valence-corrected chi connectivity index (χ1v) is 6.40. The first-order chi connectivity index (χ1) is 10.2. The Hall–Kier alpha value is -2.95. The molecule has 21 heavy (non-hydrogen) atoms. The van der Waals surface area contributed by atoms with E-state index in [1.807, 2.05) is 18.2 Å². The van der Waals surface area contributed by atoms with E-state index >= 15 is 0 Å². The number of methoxy groups -OCH3 is 1. The van der Waals surface area contributed by atoms with Gasteiger partial charge in [0, 0.05) is 6.07 Å². The normalized spacial score (nSPS) is 10.3. The second-order valence-corrected chi connectivity index (χ2v) is 4.42. The van der Waals surface area contributed by atoms with Crippen molar-refractivity contribution in [3.63, 3.8) is 0 Å². The number of nitrogens with zero attached hydrogens (tertiary/aromatic N) is 2. The van der Waals surface area contributed by atoms with Crippen molar-refractivity contribution in [2.24, 2.45) is 0 Å². The largest absolute Gasteiger partial charge is 0.508 e. The average molecular weight is 282 g/mol. The summed E-state index contributed by atoms with van der Waals surface area (Å²) in [7, 11) is 1.61. The van der Waals surface area contributed by atoms with Crippen molar-refractivity contribution in [1.82, 2.24) is 9.78 Å². The first-order valence-electron chi connectivity index (χ1n) is 6.40. The fourth-order valence-corrected chi connectivity index (χ4v) is 1.91. The number of rotatable bonds is 4. The van der Waals surface area contributed by atoms with Crippen molar-refractivity contribution in [2.45, 2.75) is 0 Å². The number of hydrogen-bond donors (Lipinski definition) is 1. The van der Waals surface area contributed by atoms with Crippen LogP contribution in [0.5, 0.6) is 23.0 Å². The Morgan fingerprint density at radius 3 is 2.52 bits per heavy atom. The van der Waals surface area contributed by atoms with Crippen molar-refractivity contribution in [3.05, 3.63) is 60.9 Å². The van der Waals surface area contributed by atoms with Gasteiger partial charge in [-0.3, -0.25) is 0 Å². The van der Waals surface area contributed by atoms with Crippen LogP contribution in [-0.4, -0.2) is 22.0 Å². The van der Waals surface area contributed by atoms with E-state index in [-0.39, 0.29) is 5.75 Å². The van der Waals surface area contributed by atoms with E-state index in [0.29, 0.717) is 11.5 Å². The monoisotopic (exact) mass is 282 g/mol. The number of hydrogen-bond acceptors (Lipinski definition) is 4. The molecule has 106 valence electrons. The van der Waals surface area contributed by atoms with E-state index in [1.54, 1.807) is 54.5 Å². The molecule has 0 spiro atoms. The van der Waals surface area contributed by atoms with Gasteiger partial charge in [0.1, 0.15) is 17.2 Å². The van der Waals surface area contributed by atoms with Crippen LogP contribution in [0.25, 0.3) is 5.69 Å². The summed E-state index contributed by atoms with van der Waals surface area (Å²) in [5.41, 5.74) is 0.841. The highest BCUT2D eigenvalue weighted by molar-refractivity contribution is 5.39. The molecule has 5 heteroatoms. The van der Waals surface area contributed by atoms with E-state index < -0.39 is 0 Å². The third kappa shape index (κ3) is 2.97. The van der Waals surface area contributed by atoms with Crippen LogP contribution in [0.4, 0.5) is 0 Å². The van der Waals surface area contributed by atoms with E-state index in [9.17, 15) is 5.11 Å². The van der Waals surface area contributed by atoms with Gasteiger partial charge in [-0.1, -0.05) is 6.07 Å². The maximum Gasteiger partial charge on any atom is 0.165 e. The van der Waals surface area contributed by atoms with Gasteiger partial charge in [0.2, 0.25) is 0 Å². The number of phenols is 1. The molecule has 1 aromatic heterocycles. The Balaban J connectivity index is 1.80. The van der Waals surface area contributed by atoms with Crippen molar-refractivity contribution >= 4 is 0 Å². The lowest BCUT2D eigenvalue weighted by Crippen LogP contribution is -1.92. The van der Waals surface area contributed by atoms with Gasteiger partial charge in [0.25, 0.3) is 0 Å². The Labute approximate surface area is 122 Å². The Morgan fingerprint density at radius 2 is 1.76 bits per heavy atom. The topological polar surface area (TPSA) is 56.5 Å². The molecule has 0 saturated carbocycles. The smallest absolute Gasteiger partial charge is 0.165 e. The first kappa shape index (κ1) is 13.1. The molecule has 0 bridgehead atoms. The minimum absolute atomic E-state index is 0.221. The van der Waals surface area contributed by atoms with Crippen molar-refractivity contribution in [3.8, 4) is 28.7 Å². The summed E-state index contributed by atoms with van der Waals surface area (Å²) < 4.78 is 12.6. The molecular formula is C16H14N2O3. The molecule has 0 unspecified atom stereocenters. The number of aromatic hydroxyl groups is 1. The molecule has 1 heterocycles. The Morgan fingerprint density at radius 1 is 1.00 bits per heavy atom. The van der Waals surface area contributed by atoms with Crippen molar-refractivity contribution in [1.29, 1.82) is 0 Å². The van der Waals surface area contributed by atoms with Gasteiger partial charge in [-0.05, 0) is 36.4 Å². The van der Waals surface area contributed by atoms with Gasteiger partial charge in [-0.2, -0.15) is 5.10 Å². The molecular weight excluding hydrogens is 268 g/mol. The number of phenolic OH excluding ortho intramolecular Hbond substituents is 1. The Kier molecular flexibility index (Phi) is 3.47. The van der Waals surface area contributed by atoms with E-state index in [1.165, 1.54) is 0 Å². The minimum Gasteiger partial charge on any atom is -0.508 e. The second kappa shape index (κ2) is 5.58. The molecule has 3 rings (SSSR count). The van der Waals surface area contributed by atoms with Crippen LogP contribution in [0.1, 0.15) is 0 Å². The quantitative estimate of drug-likeness (QED) is 0.797. The predicted molar refractivity (Wildman–Crippen MR) is 78.3 cm³/mol. The predicted octanol–water partition coefficient (Wildman–Crippen LogP) is 3.38. The maximum absolute atomic E-state index is 9.29. The maximum atomic E-state index is 9.29. The molecule has 1 N–H and O–H groups in total. The standard InChI is InChI=1S/C16H14N2O3/c1-20-14-3-2-4-15(9-14)21-16-10-17-18(11-16)12-5-7-13(19)8-6-12/h2-11,19H,1H3. The lowest BCUT2D eigenvalue weighted by atomic mass is 10.3. The third-order valence-corrected chi connectivity index (χ3v) is 2.95. The fraction of sp³-hybridized carbons (Fsp3) is 0.0625. The molecule has 0 fully saturated rings. The molecule has 0 radical (unpaired) electrons. The van der Waals surface area contributed by atoms with E-state index in [4.69, 9.17) is 9.47 Å². The number of aromatic nitrogens is 2. The van der Waals surface area contributed by atoms with Gasteiger partial charge in [0.15, 0.2) is 5.75 Å². The molecule has 0 amide bonds. The van der Waals surface area contributed by atoms with Crippen LogP contribution in [0.15, 0.2) is 60.9 Å². The zero-order chi connectivity index (χ0) is 14.7. The van der Waals surface area contributed by atoms with Crippen molar-refractivity contribution in [2.75, 3.05) is 7.11 Å². The number of benzene rings is 2. The second-order valence-electron chi connectivity index (χ2n) is 4.42. The van der Waals surface area contributed by atoms with Crippen LogP contribution in [-0.2, 0) is 0 Å². The van der Waals surface area contributed by atoms with E-state index in [2.05, 4.69) is 5.10 Å². The molecule has 2 aromatic carbocycles. The summed E-state index contributed by atoms with van der Waals surface area (Å²) in [6.07, 6.45) is 3.40. The summed E-state index contributed by atoms with van der Waals surface area (Å²) >= 11 is 0. The summed E-state index contributed by atoms with van der Waals surface area (Å²) in [5.74, 6) is 2.26. The van der Waals surface area contributed by atoms with Gasteiger partial charge < -0.3 is 14.6 Å². The van der Waals surface area contributed by atoms with E-state index in [0.717, 1.165) is 11.4 Å². The zero-order valence-corrected chi connectivity index (χ0v) is 11.4. The van der Waals surface area contributed by atoms with Crippen molar-refractivity contribution < 1.29 is 14.6 Å². The van der Waals surface area contributed by atoms with Gasteiger partial charge >= 0.3 is 0 Å². The third-order valence-electron chi connectivity index (χ3n) is 2.95.